The fourth-order valence-electron chi connectivity index (χ4n) is 4.65. The van der Waals surface area contributed by atoms with E-state index < -0.39 is 4.92 Å². The van der Waals surface area contributed by atoms with Crippen molar-refractivity contribution in [1.82, 2.24) is 9.47 Å². The molecule has 0 radical (unpaired) electrons. The number of aromatic nitrogens is 1. The molecule has 37 heavy (non-hydrogen) atoms. The monoisotopic (exact) mass is 513 g/mol. The maximum absolute atomic E-state index is 13.3. The van der Waals surface area contributed by atoms with Crippen LogP contribution in [-0.2, 0) is 11.3 Å². The summed E-state index contributed by atoms with van der Waals surface area (Å²) in [6.07, 6.45) is 1.71. The summed E-state index contributed by atoms with van der Waals surface area (Å²) in [6.45, 7) is 3.92. The summed E-state index contributed by atoms with van der Waals surface area (Å²) in [6, 6.07) is 20.0. The van der Waals surface area contributed by atoms with E-state index in [9.17, 15) is 19.7 Å². The van der Waals surface area contributed by atoms with E-state index in [0.29, 0.717) is 16.3 Å². The van der Waals surface area contributed by atoms with Crippen LogP contribution in [0.2, 0.25) is 0 Å². The summed E-state index contributed by atoms with van der Waals surface area (Å²) >= 11 is 0.910. The molecule has 0 unspecified atom stereocenters. The molecule has 1 fully saturated rings. The highest BCUT2D eigenvalue weighted by molar-refractivity contribution is 8.18. The normalized spacial score (nSPS) is 14.7. The molecule has 4 aromatic rings. The van der Waals surface area contributed by atoms with Crippen LogP contribution >= 0.6 is 11.8 Å². The molecule has 1 saturated heterocycles. The van der Waals surface area contributed by atoms with E-state index in [1.807, 2.05) is 66.9 Å². The lowest BCUT2D eigenvalue weighted by molar-refractivity contribution is -0.384. The van der Waals surface area contributed by atoms with E-state index >= 15 is 0 Å². The van der Waals surface area contributed by atoms with E-state index in [-0.39, 0.29) is 23.4 Å². The second-order valence-electron chi connectivity index (χ2n) is 8.68. The van der Waals surface area contributed by atoms with Gasteiger partial charge in [0.15, 0.2) is 0 Å². The standard InChI is InChI=1S/C28H23N3O5S/c1-17-13-21(18(2)30(17)24-15-22(31(34)35)11-12-25(24)36-3)14-26-27(32)29(28(33)37-26)16-20-9-6-8-19-7-4-5-10-23(19)20/h4-15H,16H2,1-3H3/b26-14+. The second-order valence-corrected chi connectivity index (χ2v) is 9.67. The SMILES string of the molecule is COc1ccc([N+](=O)[O-])cc1-n1c(C)cc(/C=C2/SC(=O)N(Cc3cccc4ccccc34)C2=O)c1C. The van der Waals surface area contributed by atoms with Crippen LogP contribution in [0.4, 0.5) is 10.5 Å². The first-order chi connectivity index (χ1) is 17.8. The zero-order chi connectivity index (χ0) is 26.3. The van der Waals surface area contributed by atoms with E-state index in [1.165, 1.54) is 24.1 Å². The van der Waals surface area contributed by atoms with Crippen LogP contribution in [0.3, 0.4) is 0 Å². The Morgan fingerprint density at radius 3 is 2.54 bits per heavy atom. The summed E-state index contributed by atoms with van der Waals surface area (Å²) in [5.41, 5.74) is 3.67. The van der Waals surface area contributed by atoms with Gasteiger partial charge in [-0.2, -0.15) is 0 Å². The molecular formula is C28H23N3O5S. The van der Waals surface area contributed by atoms with Gasteiger partial charge in [0.1, 0.15) is 5.75 Å². The van der Waals surface area contributed by atoms with Gasteiger partial charge in [-0.3, -0.25) is 24.6 Å². The number of nitrogens with zero attached hydrogens (tertiary/aromatic N) is 3. The van der Waals surface area contributed by atoms with Crippen LogP contribution in [-0.4, -0.2) is 32.6 Å². The van der Waals surface area contributed by atoms with E-state index in [1.54, 1.807) is 12.1 Å². The molecule has 1 aromatic heterocycles. The number of hydrogen-bond acceptors (Lipinski definition) is 6. The summed E-state index contributed by atoms with van der Waals surface area (Å²) in [4.78, 5) is 38.6. The Balaban J connectivity index is 1.48. The lowest BCUT2D eigenvalue weighted by Crippen LogP contribution is -2.27. The molecule has 186 valence electrons. The Morgan fingerprint density at radius 2 is 1.78 bits per heavy atom. The first-order valence-corrected chi connectivity index (χ1v) is 12.3. The first-order valence-electron chi connectivity index (χ1n) is 11.5. The number of aryl methyl sites for hydroxylation is 1. The van der Waals surface area contributed by atoms with Gasteiger partial charge in [0, 0.05) is 23.5 Å². The number of carbonyl (C=O) groups excluding carboxylic acids is 2. The zero-order valence-corrected chi connectivity index (χ0v) is 21.2. The number of nitro groups is 1. The van der Waals surface area contributed by atoms with Crippen LogP contribution in [0, 0.1) is 24.0 Å². The van der Waals surface area contributed by atoms with Gasteiger partial charge in [0.05, 0.1) is 29.2 Å². The second kappa shape index (κ2) is 9.59. The van der Waals surface area contributed by atoms with Crippen molar-refractivity contribution in [3.8, 4) is 11.4 Å². The lowest BCUT2D eigenvalue weighted by atomic mass is 10.0. The Labute approximate surface area is 217 Å². The number of amides is 2. The van der Waals surface area contributed by atoms with Crippen LogP contribution in [0.5, 0.6) is 5.75 Å². The molecular weight excluding hydrogens is 490 g/mol. The largest absolute Gasteiger partial charge is 0.495 e. The summed E-state index contributed by atoms with van der Waals surface area (Å²) in [7, 11) is 1.51. The molecule has 8 nitrogen and oxygen atoms in total. The van der Waals surface area contributed by atoms with Crippen molar-refractivity contribution in [2.24, 2.45) is 0 Å². The van der Waals surface area contributed by atoms with Gasteiger partial charge in [0.2, 0.25) is 0 Å². The molecule has 9 heteroatoms. The van der Waals surface area contributed by atoms with Crippen molar-refractivity contribution in [3.05, 3.63) is 104 Å². The van der Waals surface area contributed by atoms with Gasteiger partial charge in [-0.1, -0.05) is 42.5 Å². The maximum atomic E-state index is 13.3. The Kier molecular flexibility index (Phi) is 6.31. The van der Waals surface area contributed by atoms with Crippen LogP contribution in [0.25, 0.3) is 22.5 Å². The predicted octanol–water partition coefficient (Wildman–Crippen LogP) is 6.40. The molecule has 2 amide bonds. The van der Waals surface area contributed by atoms with Gasteiger partial charge >= 0.3 is 0 Å². The van der Waals surface area contributed by atoms with Gasteiger partial charge in [-0.15, -0.1) is 0 Å². The maximum Gasteiger partial charge on any atom is 0.293 e. The number of fused-ring (bicyclic) bond motifs is 1. The summed E-state index contributed by atoms with van der Waals surface area (Å²) < 4.78 is 7.30. The number of thioether (sulfide) groups is 1. The van der Waals surface area contributed by atoms with Gasteiger partial charge in [0.25, 0.3) is 16.8 Å². The van der Waals surface area contributed by atoms with E-state index in [2.05, 4.69) is 0 Å². The topological polar surface area (TPSA) is 94.7 Å². The molecule has 1 aliphatic heterocycles. The number of ether oxygens (including phenoxy) is 1. The molecule has 1 aliphatic rings. The van der Waals surface area contributed by atoms with Gasteiger partial charge in [-0.25, -0.2) is 0 Å². The highest BCUT2D eigenvalue weighted by Crippen LogP contribution is 2.37. The third-order valence-electron chi connectivity index (χ3n) is 6.45. The minimum absolute atomic E-state index is 0.0561. The number of imide groups is 1. The van der Waals surface area contributed by atoms with Crippen LogP contribution in [0.15, 0.2) is 71.6 Å². The number of nitro benzene ring substituents is 1. The average molecular weight is 514 g/mol. The average Bonchev–Trinajstić information content (AvgIpc) is 3.32. The molecule has 0 spiro atoms. The number of benzene rings is 3. The summed E-state index contributed by atoms with van der Waals surface area (Å²) in [5.74, 6) is 0.134. The van der Waals surface area contributed by atoms with Crippen molar-refractivity contribution in [3.63, 3.8) is 0 Å². The minimum Gasteiger partial charge on any atom is -0.495 e. The smallest absolute Gasteiger partial charge is 0.293 e. The van der Waals surface area contributed by atoms with Crippen LogP contribution in [0.1, 0.15) is 22.5 Å². The molecule has 0 aliphatic carbocycles. The number of rotatable bonds is 6. The Morgan fingerprint density at radius 1 is 1.03 bits per heavy atom. The minimum atomic E-state index is -0.454. The number of hydrogen-bond donors (Lipinski definition) is 0. The van der Waals surface area contributed by atoms with E-state index in [0.717, 1.165) is 45.0 Å². The fourth-order valence-corrected chi connectivity index (χ4v) is 5.48. The van der Waals surface area contributed by atoms with Crippen LogP contribution < -0.4 is 4.74 Å². The molecule has 0 N–H and O–H groups in total. The number of methoxy groups -OCH3 is 1. The van der Waals surface area contributed by atoms with Gasteiger partial charge in [-0.05, 0) is 65.7 Å². The van der Waals surface area contributed by atoms with Gasteiger partial charge < -0.3 is 9.30 Å². The quantitative estimate of drug-likeness (QED) is 0.168. The van der Waals surface area contributed by atoms with Crippen molar-refractivity contribution in [2.75, 3.05) is 7.11 Å². The van der Waals surface area contributed by atoms with Crippen molar-refractivity contribution < 1.29 is 19.2 Å². The fraction of sp³-hybridized carbons (Fsp3) is 0.143. The molecule has 3 aromatic carbocycles. The third-order valence-corrected chi connectivity index (χ3v) is 7.36. The Hall–Kier alpha value is -4.37. The highest BCUT2D eigenvalue weighted by Gasteiger charge is 2.35. The molecule has 0 atom stereocenters. The Bertz CT molecular complexity index is 1620. The summed E-state index contributed by atoms with van der Waals surface area (Å²) in [5, 5.41) is 13.1. The lowest BCUT2D eigenvalue weighted by Gasteiger charge is -2.14. The molecule has 0 bridgehead atoms. The van der Waals surface area contributed by atoms with Crippen molar-refractivity contribution in [1.29, 1.82) is 0 Å². The third kappa shape index (κ3) is 4.38. The van der Waals surface area contributed by atoms with E-state index in [4.69, 9.17) is 4.74 Å². The molecule has 2 heterocycles. The first kappa shape index (κ1) is 24.3. The zero-order valence-electron chi connectivity index (χ0n) is 20.4. The molecule has 5 rings (SSSR count). The molecule has 0 saturated carbocycles. The number of carbonyl (C=O) groups is 2. The van der Waals surface area contributed by atoms with Crippen molar-refractivity contribution in [2.45, 2.75) is 20.4 Å². The van der Waals surface area contributed by atoms with Crippen molar-refractivity contribution >= 4 is 45.4 Å². The predicted molar refractivity (Wildman–Crippen MR) is 144 cm³/mol. The highest BCUT2D eigenvalue weighted by atomic mass is 32.2. The number of non-ortho nitro benzene ring substituents is 1.